The van der Waals surface area contributed by atoms with Crippen molar-refractivity contribution in [2.75, 3.05) is 29.9 Å². The zero-order valence-corrected chi connectivity index (χ0v) is 12.6. The van der Waals surface area contributed by atoms with Gasteiger partial charge in [0.1, 0.15) is 0 Å². The van der Waals surface area contributed by atoms with Gasteiger partial charge in [-0.25, -0.2) is 13.2 Å². The van der Waals surface area contributed by atoms with E-state index in [1.165, 1.54) is 4.90 Å². The fourth-order valence-electron chi connectivity index (χ4n) is 2.48. The SMILES string of the molecule is Cn1ccc2cc(NC(=O)N3CCS(=O)(=O)CC3)ccc21. The number of amides is 2. The molecule has 1 aromatic carbocycles. The predicted octanol–water partition coefficient (Wildman–Crippen LogP) is 1.44. The van der Waals surface area contributed by atoms with Gasteiger partial charge in [-0.1, -0.05) is 0 Å². The predicted molar refractivity (Wildman–Crippen MR) is 82.2 cm³/mol. The van der Waals surface area contributed by atoms with E-state index in [4.69, 9.17) is 0 Å². The van der Waals surface area contributed by atoms with Gasteiger partial charge in [-0.3, -0.25) is 0 Å². The molecule has 1 aliphatic rings. The van der Waals surface area contributed by atoms with Crippen molar-refractivity contribution in [2.24, 2.45) is 7.05 Å². The first-order chi connectivity index (χ1) is 9.94. The first-order valence-electron chi connectivity index (χ1n) is 6.76. The molecule has 7 heteroatoms. The zero-order valence-electron chi connectivity index (χ0n) is 11.7. The molecule has 1 aromatic heterocycles. The number of aryl methyl sites for hydroxylation is 1. The number of anilines is 1. The van der Waals surface area contributed by atoms with Gasteiger partial charge in [0.05, 0.1) is 11.5 Å². The number of sulfone groups is 1. The fourth-order valence-corrected chi connectivity index (χ4v) is 3.68. The second-order valence-electron chi connectivity index (χ2n) is 5.27. The first-order valence-corrected chi connectivity index (χ1v) is 8.58. The summed E-state index contributed by atoms with van der Waals surface area (Å²) >= 11 is 0. The summed E-state index contributed by atoms with van der Waals surface area (Å²) in [6, 6.07) is 7.44. The molecule has 2 aromatic rings. The molecule has 2 heterocycles. The lowest BCUT2D eigenvalue weighted by Crippen LogP contribution is -2.45. The minimum Gasteiger partial charge on any atom is -0.351 e. The van der Waals surface area contributed by atoms with Crippen molar-refractivity contribution in [3.63, 3.8) is 0 Å². The number of nitrogens with zero attached hydrogens (tertiary/aromatic N) is 2. The van der Waals surface area contributed by atoms with Crippen LogP contribution in [0.2, 0.25) is 0 Å². The number of carbonyl (C=O) groups excluding carboxylic acids is 1. The summed E-state index contributed by atoms with van der Waals surface area (Å²) in [5.74, 6) is 0.0796. The Hall–Kier alpha value is -2.02. The van der Waals surface area contributed by atoms with Crippen molar-refractivity contribution in [1.29, 1.82) is 0 Å². The number of hydrogen-bond donors (Lipinski definition) is 1. The highest BCUT2D eigenvalue weighted by molar-refractivity contribution is 7.91. The van der Waals surface area contributed by atoms with Gasteiger partial charge in [-0.05, 0) is 24.3 Å². The Kier molecular flexibility index (Phi) is 3.36. The molecular formula is C14H17N3O3S. The normalized spacial score (nSPS) is 17.9. The molecule has 1 fully saturated rings. The van der Waals surface area contributed by atoms with E-state index in [2.05, 4.69) is 5.32 Å². The molecule has 21 heavy (non-hydrogen) atoms. The summed E-state index contributed by atoms with van der Waals surface area (Å²) in [4.78, 5) is 13.7. The number of fused-ring (bicyclic) bond motifs is 1. The second-order valence-corrected chi connectivity index (χ2v) is 7.57. The molecular weight excluding hydrogens is 290 g/mol. The molecule has 6 nitrogen and oxygen atoms in total. The molecule has 1 N–H and O–H groups in total. The smallest absolute Gasteiger partial charge is 0.321 e. The highest BCUT2D eigenvalue weighted by Gasteiger charge is 2.24. The van der Waals surface area contributed by atoms with Crippen LogP contribution < -0.4 is 5.32 Å². The van der Waals surface area contributed by atoms with Crippen LogP contribution in [0.1, 0.15) is 0 Å². The molecule has 0 bridgehead atoms. The highest BCUT2D eigenvalue weighted by Crippen LogP contribution is 2.20. The summed E-state index contributed by atoms with van der Waals surface area (Å²) in [5, 5.41) is 3.88. The van der Waals surface area contributed by atoms with Crippen molar-refractivity contribution >= 4 is 32.5 Å². The Bertz CT molecular complexity index is 781. The molecule has 112 valence electrons. The van der Waals surface area contributed by atoms with Gasteiger partial charge in [0.25, 0.3) is 0 Å². The first kappa shape index (κ1) is 13.9. The van der Waals surface area contributed by atoms with Crippen LogP contribution in [-0.4, -0.2) is 48.5 Å². The minimum atomic E-state index is -2.97. The van der Waals surface area contributed by atoms with Crippen molar-refractivity contribution in [3.8, 4) is 0 Å². The number of carbonyl (C=O) groups is 1. The van der Waals surface area contributed by atoms with E-state index in [9.17, 15) is 13.2 Å². The Morgan fingerprint density at radius 2 is 1.90 bits per heavy atom. The van der Waals surface area contributed by atoms with Crippen molar-refractivity contribution in [1.82, 2.24) is 9.47 Å². The zero-order chi connectivity index (χ0) is 15.0. The largest absolute Gasteiger partial charge is 0.351 e. The lowest BCUT2D eigenvalue weighted by Gasteiger charge is -2.26. The van der Waals surface area contributed by atoms with Crippen LogP contribution in [0.15, 0.2) is 30.5 Å². The molecule has 0 atom stereocenters. The van der Waals surface area contributed by atoms with Crippen LogP contribution in [0.25, 0.3) is 10.9 Å². The quantitative estimate of drug-likeness (QED) is 0.866. The molecule has 1 aliphatic heterocycles. The molecule has 0 saturated carbocycles. The van der Waals surface area contributed by atoms with Gasteiger partial charge in [-0.2, -0.15) is 0 Å². The van der Waals surface area contributed by atoms with Crippen molar-refractivity contribution < 1.29 is 13.2 Å². The van der Waals surface area contributed by atoms with Gasteiger partial charge < -0.3 is 14.8 Å². The van der Waals surface area contributed by atoms with Crippen molar-refractivity contribution in [2.45, 2.75) is 0 Å². The van der Waals surface area contributed by atoms with Crippen LogP contribution in [0.4, 0.5) is 10.5 Å². The van der Waals surface area contributed by atoms with E-state index in [-0.39, 0.29) is 30.6 Å². The number of rotatable bonds is 1. The van der Waals surface area contributed by atoms with E-state index in [1.807, 2.05) is 42.1 Å². The summed E-state index contributed by atoms with van der Waals surface area (Å²) in [5.41, 5.74) is 1.81. The van der Waals surface area contributed by atoms with Crippen molar-refractivity contribution in [3.05, 3.63) is 30.5 Å². The van der Waals surface area contributed by atoms with Crippen LogP contribution >= 0.6 is 0 Å². The van der Waals surface area contributed by atoms with E-state index >= 15 is 0 Å². The van der Waals surface area contributed by atoms with Crippen LogP contribution in [0.3, 0.4) is 0 Å². The fraction of sp³-hybridized carbons (Fsp3) is 0.357. The molecule has 0 spiro atoms. The summed E-state index contributed by atoms with van der Waals surface area (Å²) in [6.45, 7) is 0.503. The average molecular weight is 307 g/mol. The maximum absolute atomic E-state index is 12.1. The van der Waals surface area contributed by atoms with Crippen LogP contribution in [0, 0.1) is 0 Å². The Morgan fingerprint density at radius 1 is 1.19 bits per heavy atom. The van der Waals surface area contributed by atoms with Gasteiger partial charge >= 0.3 is 6.03 Å². The number of benzene rings is 1. The van der Waals surface area contributed by atoms with E-state index in [0.717, 1.165) is 10.9 Å². The summed E-state index contributed by atoms with van der Waals surface area (Å²) in [7, 11) is -1.01. The molecule has 3 rings (SSSR count). The Balaban J connectivity index is 1.71. The third-order valence-corrected chi connectivity index (χ3v) is 5.38. The second kappa shape index (κ2) is 5.07. The third-order valence-electron chi connectivity index (χ3n) is 3.77. The number of urea groups is 1. The molecule has 1 saturated heterocycles. The highest BCUT2D eigenvalue weighted by atomic mass is 32.2. The maximum Gasteiger partial charge on any atom is 0.321 e. The number of nitrogens with one attached hydrogen (secondary N) is 1. The van der Waals surface area contributed by atoms with E-state index in [1.54, 1.807) is 0 Å². The third kappa shape index (κ3) is 2.87. The van der Waals surface area contributed by atoms with Gasteiger partial charge in [-0.15, -0.1) is 0 Å². The molecule has 0 unspecified atom stereocenters. The summed E-state index contributed by atoms with van der Waals surface area (Å²) < 4.78 is 24.7. The molecule has 0 radical (unpaired) electrons. The number of hydrogen-bond acceptors (Lipinski definition) is 3. The minimum absolute atomic E-state index is 0.0398. The monoisotopic (exact) mass is 307 g/mol. The summed E-state index contributed by atoms with van der Waals surface area (Å²) in [6.07, 6.45) is 1.96. The molecule has 2 amide bonds. The molecule has 0 aliphatic carbocycles. The average Bonchev–Trinajstić information content (AvgIpc) is 2.80. The maximum atomic E-state index is 12.1. The lowest BCUT2D eigenvalue weighted by molar-refractivity contribution is 0.216. The van der Waals surface area contributed by atoms with Crippen LogP contribution in [0.5, 0.6) is 0 Å². The standard InChI is InChI=1S/C14H17N3O3S/c1-16-5-4-11-10-12(2-3-13(11)16)15-14(18)17-6-8-21(19,20)9-7-17/h2-5,10H,6-9H2,1H3,(H,15,18). The van der Waals surface area contributed by atoms with Gasteiger partial charge in [0, 0.05) is 42.9 Å². The Morgan fingerprint density at radius 3 is 2.62 bits per heavy atom. The topological polar surface area (TPSA) is 71.4 Å². The lowest BCUT2D eigenvalue weighted by atomic mass is 10.2. The van der Waals surface area contributed by atoms with Gasteiger partial charge in [0.15, 0.2) is 9.84 Å². The van der Waals surface area contributed by atoms with E-state index < -0.39 is 9.84 Å². The van der Waals surface area contributed by atoms with Crippen LogP contribution in [-0.2, 0) is 16.9 Å². The Labute approximate surface area is 123 Å². The van der Waals surface area contributed by atoms with E-state index in [0.29, 0.717) is 5.69 Å². The number of aromatic nitrogens is 1. The van der Waals surface area contributed by atoms with Gasteiger partial charge in [0.2, 0.25) is 0 Å².